The molecule has 32 heavy (non-hydrogen) atoms. The summed E-state index contributed by atoms with van der Waals surface area (Å²) in [5.74, 6) is -4.90. The van der Waals surface area contributed by atoms with Crippen molar-refractivity contribution in [3.05, 3.63) is 0 Å². The average molecular weight is 478 g/mol. The van der Waals surface area contributed by atoms with Gasteiger partial charge in [-0.05, 0) is 26.2 Å². The Morgan fingerprint density at radius 2 is 1.53 bits per heavy atom. The Balaban J connectivity index is 5.09. The maximum absolute atomic E-state index is 12.6. The summed E-state index contributed by atoms with van der Waals surface area (Å²) in [5, 5.41) is 24.8. The van der Waals surface area contributed by atoms with Gasteiger partial charge in [-0.2, -0.15) is 12.6 Å². The van der Waals surface area contributed by atoms with Crippen molar-refractivity contribution in [1.82, 2.24) is 16.0 Å². The van der Waals surface area contributed by atoms with Crippen molar-refractivity contribution >= 4 is 48.2 Å². The quantitative estimate of drug-likeness (QED) is 0.0492. The molecule has 15 heteroatoms. The zero-order chi connectivity index (χ0) is 24.8. The van der Waals surface area contributed by atoms with Crippen molar-refractivity contribution in [3.63, 3.8) is 0 Å². The predicted molar refractivity (Wildman–Crippen MR) is 118 cm³/mol. The number of thiol groups is 1. The van der Waals surface area contributed by atoms with E-state index in [1.54, 1.807) is 0 Å². The fourth-order valence-electron chi connectivity index (χ4n) is 2.34. The van der Waals surface area contributed by atoms with Crippen LogP contribution in [0.2, 0.25) is 0 Å². The van der Waals surface area contributed by atoms with Gasteiger partial charge in [0, 0.05) is 18.7 Å². The number of carbonyl (C=O) groups is 5. The maximum Gasteiger partial charge on any atom is 0.326 e. The number of carboxylic acids is 2. The van der Waals surface area contributed by atoms with Crippen LogP contribution in [0, 0.1) is 0 Å². The van der Waals surface area contributed by atoms with E-state index < -0.39 is 60.2 Å². The molecular formula is C17H31N7O7S. The molecule has 0 aliphatic heterocycles. The van der Waals surface area contributed by atoms with Crippen molar-refractivity contribution in [2.45, 2.75) is 56.8 Å². The molecule has 0 saturated carbocycles. The summed E-state index contributed by atoms with van der Waals surface area (Å²) >= 11 is 3.93. The Labute approximate surface area is 190 Å². The molecule has 0 fully saturated rings. The lowest BCUT2D eigenvalue weighted by Gasteiger charge is -2.23. The third-order valence-corrected chi connectivity index (χ3v) is 4.52. The van der Waals surface area contributed by atoms with Crippen LogP contribution in [0.5, 0.6) is 0 Å². The summed E-state index contributed by atoms with van der Waals surface area (Å²) in [5.41, 5.74) is 16.1. The Morgan fingerprint density at radius 3 is 2.03 bits per heavy atom. The highest BCUT2D eigenvalue weighted by Crippen LogP contribution is 2.02. The van der Waals surface area contributed by atoms with Crippen LogP contribution in [0.4, 0.5) is 0 Å². The summed E-state index contributed by atoms with van der Waals surface area (Å²) in [7, 11) is 0. The van der Waals surface area contributed by atoms with Gasteiger partial charge in [0.05, 0.1) is 6.04 Å². The van der Waals surface area contributed by atoms with Gasteiger partial charge in [0.25, 0.3) is 0 Å². The molecular weight excluding hydrogens is 446 g/mol. The number of carbonyl (C=O) groups excluding carboxylic acids is 3. The number of amides is 3. The largest absolute Gasteiger partial charge is 0.481 e. The van der Waals surface area contributed by atoms with Crippen LogP contribution in [-0.2, 0) is 24.0 Å². The molecule has 0 saturated heterocycles. The third kappa shape index (κ3) is 11.9. The van der Waals surface area contributed by atoms with Gasteiger partial charge >= 0.3 is 11.9 Å². The zero-order valence-electron chi connectivity index (χ0n) is 17.6. The molecule has 3 amide bonds. The fraction of sp³-hybridized carbons (Fsp3) is 0.647. The Hall–Kier alpha value is -3.07. The lowest BCUT2D eigenvalue weighted by atomic mass is 10.1. The summed E-state index contributed by atoms with van der Waals surface area (Å²) < 4.78 is 0. The van der Waals surface area contributed by atoms with Crippen LogP contribution in [0.25, 0.3) is 0 Å². The molecule has 0 radical (unpaired) electrons. The van der Waals surface area contributed by atoms with Gasteiger partial charge in [-0.15, -0.1) is 0 Å². The first-order chi connectivity index (χ1) is 14.9. The summed E-state index contributed by atoms with van der Waals surface area (Å²) in [6, 6.07) is -4.65. The van der Waals surface area contributed by atoms with Gasteiger partial charge in [0.15, 0.2) is 5.96 Å². The molecule has 4 unspecified atom stereocenters. The van der Waals surface area contributed by atoms with E-state index in [0.717, 1.165) is 0 Å². The van der Waals surface area contributed by atoms with Gasteiger partial charge in [-0.25, -0.2) is 4.79 Å². The molecule has 14 nitrogen and oxygen atoms in total. The molecule has 0 heterocycles. The molecule has 0 aromatic heterocycles. The minimum Gasteiger partial charge on any atom is -0.481 e. The summed E-state index contributed by atoms with van der Waals surface area (Å²) in [4.78, 5) is 62.6. The van der Waals surface area contributed by atoms with Crippen LogP contribution in [0.1, 0.15) is 32.6 Å². The second-order valence-corrected chi connectivity index (χ2v) is 7.23. The smallest absolute Gasteiger partial charge is 0.326 e. The molecule has 11 N–H and O–H groups in total. The van der Waals surface area contributed by atoms with Crippen LogP contribution in [0.3, 0.4) is 0 Å². The number of nitrogens with one attached hydrogen (secondary N) is 3. The summed E-state index contributed by atoms with van der Waals surface area (Å²) in [6.45, 7) is 1.50. The normalized spacial score (nSPS) is 14.2. The van der Waals surface area contributed by atoms with Crippen molar-refractivity contribution in [2.24, 2.45) is 22.2 Å². The number of nitrogens with two attached hydrogens (primary N) is 3. The number of aliphatic carboxylic acids is 2. The van der Waals surface area contributed by atoms with E-state index in [1.807, 2.05) is 0 Å². The SMILES string of the molecule is CC(NC(=O)C(CCCN=C(N)N)NC(=O)C(N)CS)C(=O)NC(CCC(=O)O)C(=O)O. The van der Waals surface area contributed by atoms with E-state index in [4.69, 9.17) is 27.4 Å². The van der Waals surface area contributed by atoms with Crippen LogP contribution in [-0.4, -0.2) is 82.3 Å². The highest BCUT2D eigenvalue weighted by atomic mass is 32.1. The van der Waals surface area contributed by atoms with Gasteiger partial charge in [-0.3, -0.25) is 24.2 Å². The first-order valence-corrected chi connectivity index (χ1v) is 10.3. The molecule has 182 valence electrons. The van der Waals surface area contributed by atoms with Crippen LogP contribution in [0.15, 0.2) is 4.99 Å². The van der Waals surface area contributed by atoms with E-state index in [9.17, 15) is 24.0 Å². The number of guanidine groups is 1. The average Bonchev–Trinajstić information content (AvgIpc) is 2.71. The monoisotopic (exact) mass is 477 g/mol. The number of nitrogens with zero attached hydrogens (tertiary/aromatic N) is 1. The van der Waals surface area contributed by atoms with E-state index in [2.05, 4.69) is 33.6 Å². The lowest BCUT2D eigenvalue weighted by Crippen LogP contribution is -2.56. The van der Waals surface area contributed by atoms with E-state index in [-0.39, 0.29) is 31.1 Å². The number of aliphatic imine (C=N–C) groups is 1. The molecule has 0 rings (SSSR count). The molecule has 0 bridgehead atoms. The van der Waals surface area contributed by atoms with Crippen LogP contribution < -0.4 is 33.2 Å². The standard InChI is InChI=1S/C17H31N7O7S/c1-8(13(27)24-11(16(30)31)4-5-12(25)26)22-15(29)10(3-2-6-21-17(19)20)23-14(28)9(18)7-32/h8-11,32H,2-7,18H2,1H3,(H,22,29)(H,23,28)(H,24,27)(H,25,26)(H,30,31)(H4,19,20,21). The lowest BCUT2D eigenvalue weighted by molar-refractivity contribution is -0.143. The van der Waals surface area contributed by atoms with Crippen molar-refractivity contribution < 1.29 is 34.2 Å². The van der Waals surface area contributed by atoms with Crippen molar-refractivity contribution in [1.29, 1.82) is 0 Å². The number of hydrogen-bond acceptors (Lipinski definition) is 8. The van der Waals surface area contributed by atoms with Crippen molar-refractivity contribution in [3.8, 4) is 0 Å². The number of rotatable bonds is 15. The number of carboxylic acid groups (broad SMARTS) is 2. The highest BCUT2D eigenvalue weighted by Gasteiger charge is 2.28. The maximum atomic E-state index is 12.6. The molecule has 0 aromatic carbocycles. The van der Waals surface area contributed by atoms with Gasteiger partial charge in [0.2, 0.25) is 17.7 Å². The Morgan fingerprint density at radius 1 is 0.938 bits per heavy atom. The second kappa shape index (κ2) is 14.9. The molecule has 0 aliphatic rings. The van der Waals surface area contributed by atoms with E-state index in [1.165, 1.54) is 6.92 Å². The van der Waals surface area contributed by atoms with E-state index >= 15 is 0 Å². The Bertz CT molecular complexity index is 715. The molecule has 0 spiro atoms. The number of hydrogen-bond donors (Lipinski definition) is 9. The summed E-state index contributed by atoms with van der Waals surface area (Å²) in [6.07, 6.45) is -0.350. The topological polar surface area (TPSA) is 252 Å². The third-order valence-electron chi connectivity index (χ3n) is 4.13. The first-order valence-electron chi connectivity index (χ1n) is 9.66. The minimum atomic E-state index is -1.44. The first kappa shape index (κ1) is 28.9. The van der Waals surface area contributed by atoms with Crippen LogP contribution >= 0.6 is 12.6 Å². The minimum absolute atomic E-state index is 0.0416. The van der Waals surface area contributed by atoms with E-state index in [0.29, 0.717) is 6.42 Å². The zero-order valence-corrected chi connectivity index (χ0v) is 18.5. The second-order valence-electron chi connectivity index (χ2n) is 6.86. The Kier molecular flexibility index (Phi) is 13.4. The highest BCUT2D eigenvalue weighted by molar-refractivity contribution is 7.80. The van der Waals surface area contributed by atoms with Gasteiger partial charge in [-0.1, -0.05) is 0 Å². The molecule has 4 atom stereocenters. The van der Waals surface area contributed by atoms with Gasteiger partial charge < -0.3 is 43.4 Å². The van der Waals surface area contributed by atoms with Gasteiger partial charge in [0.1, 0.15) is 18.1 Å². The molecule has 0 aromatic rings. The fourth-order valence-corrected chi connectivity index (χ4v) is 2.50. The van der Waals surface area contributed by atoms with Crippen molar-refractivity contribution in [2.75, 3.05) is 12.3 Å². The molecule has 0 aliphatic carbocycles. The predicted octanol–water partition coefficient (Wildman–Crippen LogP) is -3.28.